The minimum Gasteiger partial charge on any atom is -0.341 e. The van der Waals surface area contributed by atoms with Crippen LogP contribution < -0.4 is 0 Å². The van der Waals surface area contributed by atoms with Crippen molar-refractivity contribution in [2.24, 2.45) is 0 Å². The molecule has 0 bridgehead atoms. The number of nitrogens with zero attached hydrogens (tertiary/aromatic N) is 2. The maximum atomic E-state index is 12.2. The smallest absolute Gasteiger partial charge is 0.236 e. The number of likely N-dealkylation sites (tertiary alicyclic amines) is 1. The number of hydrogen-bond acceptors (Lipinski definition) is 3. The van der Waals surface area contributed by atoms with Crippen molar-refractivity contribution in [3.8, 4) is 0 Å². The topological polar surface area (TPSA) is 40.6 Å². The van der Waals surface area contributed by atoms with Crippen LogP contribution in [0.3, 0.4) is 0 Å². The Bertz CT molecular complexity index is 301. The van der Waals surface area contributed by atoms with Gasteiger partial charge in [0.05, 0.1) is 6.54 Å². The van der Waals surface area contributed by atoms with E-state index in [0.717, 1.165) is 6.54 Å². The molecule has 1 aliphatic carbocycles. The zero-order chi connectivity index (χ0) is 13.0. The highest BCUT2D eigenvalue weighted by Gasteiger charge is 2.26. The largest absolute Gasteiger partial charge is 0.341 e. The van der Waals surface area contributed by atoms with Gasteiger partial charge in [-0.15, -0.1) is 0 Å². The predicted octanol–water partition coefficient (Wildman–Crippen LogP) is 1.44. The molecule has 2 fully saturated rings. The minimum atomic E-state index is 0.205. The number of Topliss-reactive ketones (excluding diaryl/α,β-unsaturated/α-hetero) is 1. The van der Waals surface area contributed by atoms with E-state index in [1.54, 1.807) is 0 Å². The van der Waals surface area contributed by atoms with Crippen molar-refractivity contribution in [1.82, 2.24) is 9.80 Å². The highest BCUT2D eigenvalue weighted by atomic mass is 16.2. The number of rotatable bonds is 4. The van der Waals surface area contributed by atoms with Gasteiger partial charge in [0.2, 0.25) is 5.91 Å². The number of carbonyl (C=O) groups is 2. The molecule has 1 aliphatic heterocycles. The Morgan fingerprint density at radius 1 is 1.28 bits per heavy atom. The van der Waals surface area contributed by atoms with E-state index in [1.807, 2.05) is 4.90 Å². The van der Waals surface area contributed by atoms with Gasteiger partial charge in [-0.3, -0.25) is 14.5 Å². The summed E-state index contributed by atoms with van der Waals surface area (Å²) in [5, 5.41) is 0. The van der Waals surface area contributed by atoms with Crippen LogP contribution >= 0.6 is 0 Å². The first-order chi connectivity index (χ1) is 8.70. The molecule has 1 saturated carbocycles. The SMILES string of the molecule is CCN(CC(=O)N1CCC(=O)CC1)C1CCCC1. The summed E-state index contributed by atoms with van der Waals surface area (Å²) in [5.74, 6) is 0.499. The quantitative estimate of drug-likeness (QED) is 0.760. The third kappa shape index (κ3) is 3.31. The summed E-state index contributed by atoms with van der Waals surface area (Å²) in [5.41, 5.74) is 0. The molecule has 102 valence electrons. The van der Waals surface area contributed by atoms with Gasteiger partial charge in [0.1, 0.15) is 5.78 Å². The second kappa shape index (κ2) is 6.32. The highest BCUT2D eigenvalue weighted by Crippen LogP contribution is 2.23. The number of ketones is 1. The molecule has 2 aliphatic rings. The van der Waals surface area contributed by atoms with Crippen molar-refractivity contribution in [2.75, 3.05) is 26.2 Å². The van der Waals surface area contributed by atoms with E-state index in [0.29, 0.717) is 44.3 Å². The average Bonchev–Trinajstić information content (AvgIpc) is 2.90. The Balaban J connectivity index is 1.83. The van der Waals surface area contributed by atoms with Gasteiger partial charge < -0.3 is 4.90 Å². The van der Waals surface area contributed by atoms with Gasteiger partial charge in [0.25, 0.3) is 0 Å². The molecule has 0 aromatic rings. The van der Waals surface area contributed by atoms with Crippen LogP contribution in [0, 0.1) is 0 Å². The van der Waals surface area contributed by atoms with Crippen LogP contribution in [-0.4, -0.2) is 53.7 Å². The third-order valence-corrected chi connectivity index (χ3v) is 4.26. The van der Waals surface area contributed by atoms with E-state index >= 15 is 0 Å². The van der Waals surface area contributed by atoms with Gasteiger partial charge >= 0.3 is 0 Å². The van der Waals surface area contributed by atoms with E-state index < -0.39 is 0 Å². The molecule has 2 rings (SSSR count). The first-order valence-electron chi connectivity index (χ1n) is 7.24. The van der Waals surface area contributed by atoms with Crippen molar-refractivity contribution >= 4 is 11.7 Å². The summed E-state index contributed by atoms with van der Waals surface area (Å²) in [7, 11) is 0. The summed E-state index contributed by atoms with van der Waals surface area (Å²) >= 11 is 0. The van der Waals surface area contributed by atoms with Gasteiger partial charge in [-0.2, -0.15) is 0 Å². The molecule has 0 radical (unpaired) electrons. The third-order valence-electron chi connectivity index (χ3n) is 4.26. The molecule has 1 heterocycles. The maximum Gasteiger partial charge on any atom is 0.236 e. The van der Waals surface area contributed by atoms with Crippen molar-refractivity contribution in [2.45, 2.75) is 51.5 Å². The van der Waals surface area contributed by atoms with Crippen molar-refractivity contribution < 1.29 is 9.59 Å². The maximum absolute atomic E-state index is 12.2. The number of amides is 1. The lowest BCUT2D eigenvalue weighted by Crippen LogP contribution is -2.46. The van der Waals surface area contributed by atoms with Gasteiger partial charge in [0, 0.05) is 32.0 Å². The first-order valence-corrected chi connectivity index (χ1v) is 7.24. The van der Waals surface area contributed by atoms with Crippen LogP contribution in [0.1, 0.15) is 45.4 Å². The van der Waals surface area contributed by atoms with E-state index in [4.69, 9.17) is 0 Å². The van der Waals surface area contributed by atoms with E-state index in [2.05, 4.69) is 11.8 Å². The van der Waals surface area contributed by atoms with Crippen LogP contribution in [0.15, 0.2) is 0 Å². The second-order valence-electron chi connectivity index (χ2n) is 5.42. The predicted molar refractivity (Wildman–Crippen MR) is 70.3 cm³/mol. The van der Waals surface area contributed by atoms with E-state index in [9.17, 15) is 9.59 Å². The Kier molecular flexibility index (Phi) is 4.75. The zero-order valence-electron chi connectivity index (χ0n) is 11.4. The van der Waals surface area contributed by atoms with Gasteiger partial charge in [0.15, 0.2) is 0 Å². The van der Waals surface area contributed by atoms with E-state index in [-0.39, 0.29) is 5.91 Å². The van der Waals surface area contributed by atoms with Crippen molar-refractivity contribution in [1.29, 1.82) is 0 Å². The number of piperidine rings is 1. The molecule has 0 atom stereocenters. The molecule has 0 spiro atoms. The van der Waals surface area contributed by atoms with Crippen LogP contribution in [0.2, 0.25) is 0 Å². The van der Waals surface area contributed by atoms with Crippen molar-refractivity contribution in [3.63, 3.8) is 0 Å². The fourth-order valence-corrected chi connectivity index (χ4v) is 3.05. The Labute approximate surface area is 109 Å². The van der Waals surface area contributed by atoms with Crippen LogP contribution in [0.5, 0.6) is 0 Å². The summed E-state index contributed by atoms with van der Waals surface area (Å²) in [6.45, 7) is 4.86. The number of hydrogen-bond donors (Lipinski definition) is 0. The Hall–Kier alpha value is -0.900. The summed E-state index contributed by atoms with van der Waals surface area (Å²) < 4.78 is 0. The molecule has 0 unspecified atom stereocenters. The lowest BCUT2D eigenvalue weighted by Gasteiger charge is -2.31. The Morgan fingerprint density at radius 2 is 1.89 bits per heavy atom. The molecule has 0 aromatic carbocycles. The van der Waals surface area contributed by atoms with Gasteiger partial charge in [-0.1, -0.05) is 19.8 Å². The zero-order valence-corrected chi connectivity index (χ0v) is 11.4. The van der Waals surface area contributed by atoms with Crippen LogP contribution in [0.25, 0.3) is 0 Å². The molecular formula is C14H24N2O2. The molecular weight excluding hydrogens is 228 g/mol. The normalized spacial score (nSPS) is 21.9. The molecule has 1 amide bonds. The lowest BCUT2D eigenvalue weighted by atomic mass is 10.1. The molecule has 4 heteroatoms. The van der Waals surface area contributed by atoms with Crippen molar-refractivity contribution in [3.05, 3.63) is 0 Å². The van der Waals surface area contributed by atoms with Gasteiger partial charge in [-0.25, -0.2) is 0 Å². The van der Waals surface area contributed by atoms with Crippen LogP contribution in [-0.2, 0) is 9.59 Å². The number of likely N-dealkylation sites (N-methyl/N-ethyl adjacent to an activating group) is 1. The Morgan fingerprint density at radius 3 is 2.44 bits per heavy atom. The fraction of sp³-hybridized carbons (Fsp3) is 0.857. The lowest BCUT2D eigenvalue weighted by molar-refractivity contribution is -0.136. The molecule has 1 saturated heterocycles. The monoisotopic (exact) mass is 252 g/mol. The minimum absolute atomic E-state index is 0.205. The fourth-order valence-electron chi connectivity index (χ4n) is 3.05. The average molecular weight is 252 g/mol. The molecule has 4 nitrogen and oxygen atoms in total. The number of carbonyl (C=O) groups excluding carboxylic acids is 2. The second-order valence-corrected chi connectivity index (χ2v) is 5.42. The molecule has 0 aromatic heterocycles. The first kappa shape index (κ1) is 13.5. The molecule has 18 heavy (non-hydrogen) atoms. The van der Waals surface area contributed by atoms with Crippen LogP contribution in [0.4, 0.5) is 0 Å². The molecule has 0 N–H and O–H groups in total. The summed E-state index contributed by atoms with van der Waals surface area (Å²) in [6.07, 6.45) is 6.16. The van der Waals surface area contributed by atoms with E-state index in [1.165, 1.54) is 25.7 Å². The summed E-state index contributed by atoms with van der Waals surface area (Å²) in [4.78, 5) is 27.5. The standard InChI is InChI=1S/C14H24N2O2/c1-2-15(12-5-3-4-6-12)11-14(18)16-9-7-13(17)8-10-16/h12H,2-11H2,1H3. The highest BCUT2D eigenvalue weighted by molar-refractivity contribution is 5.84. The summed E-state index contributed by atoms with van der Waals surface area (Å²) in [6, 6.07) is 0.602. The van der Waals surface area contributed by atoms with Gasteiger partial charge in [-0.05, 0) is 19.4 Å².